The van der Waals surface area contributed by atoms with Gasteiger partial charge in [0.1, 0.15) is 0 Å². The van der Waals surface area contributed by atoms with Crippen LogP contribution in [0.25, 0.3) is 0 Å². The third-order valence-corrected chi connectivity index (χ3v) is 4.61. The first-order chi connectivity index (χ1) is 6.76. The van der Waals surface area contributed by atoms with Gasteiger partial charge in [-0.2, -0.15) is 0 Å². The van der Waals surface area contributed by atoms with Gasteiger partial charge < -0.3 is 4.90 Å². The second-order valence-corrected chi connectivity index (χ2v) is 5.48. The Morgan fingerprint density at radius 1 is 1.14 bits per heavy atom. The third kappa shape index (κ3) is 2.07. The summed E-state index contributed by atoms with van der Waals surface area (Å²) in [6.07, 6.45) is 8.18. The number of amides is 1. The second kappa shape index (κ2) is 4.37. The molecule has 0 aromatic heterocycles. The average molecular weight is 307 g/mol. The van der Waals surface area contributed by atoms with E-state index in [-0.39, 0.29) is 0 Å². The van der Waals surface area contributed by atoms with Gasteiger partial charge in [0.15, 0.2) is 0 Å². The van der Waals surface area contributed by atoms with Crippen LogP contribution < -0.4 is 0 Å². The van der Waals surface area contributed by atoms with E-state index in [1.165, 1.54) is 38.5 Å². The Balaban J connectivity index is 1.88. The van der Waals surface area contributed by atoms with E-state index >= 15 is 0 Å². The highest BCUT2D eigenvalue weighted by Gasteiger charge is 2.37. The van der Waals surface area contributed by atoms with E-state index in [2.05, 4.69) is 27.5 Å². The summed E-state index contributed by atoms with van der Waals surface area (Å²) >= 11 is 2.16. The van der Waals surface area contributed by atoms with Crippen molar-refractivity contribution in [2.75, 3.05) is 17.5 Å². The molecular formula is C11H18INO. The molecule has 1 saturated heterocycles. The lowest BCUT2D eigenvalue weighted by atomic mass is 9.77. The van der Waals surface area contributed by atoms with Crippen LogP contribution in [0, 0.1) is 5.41 Å². The Bertz CT molecular complexity index is 213. The molecule has 0 atom stereocenters. The van der Waals surface area contributed by atoms with Crippen molar-refractivity contribution in [1.29, 1.82) is 0 Å². The van der Waals surface area contributed by atoms with Crippen molar-refractivity contribution in [3.63, 3.8) is 0 Å². The fourth-order valence-corrected chi connectivity index (χ4v) is 3.42. The minimum Gasteiger partial charge on any atom is -0.342 e. The first kappa shape index (κ1) is 10.7. The SMILES string of the molecule is O=C(CI)N1CCC2(CCCC2)CC1. The van der Waals surface area contributed by atoms with E-state index < -0.39 is 0 Å². The number of nitrogens with zero attached hydrogens (tertiary/aromatic N) is 1. The van der Waals surface area contributed by atoms with Crippen LogP contribution in [-0.2, 0) is 4.79 Å². The molecule has 0 unspecified atom stereocenters. The molecule has 3 heteroatoms. The molecule has 0 N–H and O–H groups in total. The summed E-state index contributed by atoms with van der Waals surface area (Å²) in [5.74, 6) is 0.332. The second-order valence-electron chi connectivity index (χ2n) is 4.72. The van der Waals surface area contributed by atoms with Crippen LogP contribution in [0.4, 0.5) is 0 Å². The molecule has 1 saturated carbocycles. The Labute approximate surface area is 99.6 Å². The monoisotopic (exact) mass is 307 g/mol. The van der Waals surface area contributed by atoms with Gasteiger partial charge in [0.05, 0.1) is 4.43 Å². The molecular weight excluding hydrogens is 289 g/mol. The molecule has 2 nitrogen and oxygen atoms in total. The van der Waals surface area contributed by atoms with Crippen LogP contribution in [0.3, 0.4) is 0 Å². The van der Waals surface area contributed by atoms with E-state index in [1.54, 1.807) is 0 Å². The van der Waals surface area contributed by atoms with Gasteiger partial charge in [-0.15, -0.1) is 0 Å². The summed E-state index contributed by atoms with van der Waals surface area (Å²) in [7, 11) is 0. The van der Waals surface area contributed by atoms with Crippen LogP contribution in [0.15, 0.2) is 0 Å². The topological polar surface area (TPSA) is 20.3 Å². The van der Waals surface area contributed by atoms with Crippen molar-refractivity contribution >= 4 is 28.5 Å². The van der Waals surface area contributed by atoms with E-state index in [9.17, 15) is 4.79 Å². The van der Waals surface area contributed by atoms with Crippen molar-refractivity contribution < 1.29 is 4.79 Å². The molecule has 0 aromatic rings. The molecule has 0 radical (unpaired) electrons. The highest BCUT2D eigenvalue weighted by Crippen LogP contribution is 2.46. The van der Waals surface area contributed by atoms with Crippen molar-refractivity contribution in [1.82, 2.24) is 4.90 Å². The summed E-state index contributed by atoms with van der Waals surface area (Å²) in [5, 5.41) is 0. The number of carbonyl (C=O) groups excluding carboxylic acids is 1. The lowest BCUT2D eigenvalue weighted by Gasteiger charge is -2.39. The standard InChI is InChI=1S/C11H18INO/c12-9-10(14)13-7-5-11(6-8-13)3-1-2-4-11/h1-9H2. The molecule has 1 aliphatic carbocycles. The molecule has 80 valence electrons. The van der Waals surface area contributed by atoms with Gasteiger partial charge >= 0.3 is 0 Å². The van der Waals surface area contributed by atoms with Crippen LogP contribution in [0.5, 0.6) is 0 Å². The number of alkyl halides is 1. The minimum absolute atomic E-state index is 0.332. The summed E-state index contributed by atoms with van der Waals surface area (Å²) < 4.78 is 0.644. The largest absolute Gasteiger partial charge is 0.342 e. The minimum atomic E-state index is 0.332. The summed E-state index contributed by atoms with van der Waals surface area (Å²) in [5.41, 5.74) is 0.641. The van der Waals surface area contributed by atoms with Crippen molar-refractivity contribution in [2.45, 2.75) is 38.5 Å². The van der Waals surface area contributed by atoms with Crippen LogP contribution in [0.1, 0.15) is 38.5 Å². The molecule has 1 aliphatic heterocycles. The molecule has 14 heavy (non-hydrogen) atoms. The fourth-order valence-electron chi connectivity index (χ4n) is 2.94. The van der Waals surface area contributed by atoms with Gasteiger partial charge in [0.2, 0.25) is 5.91 Å². The first-order valence-corrected chi connectivity index (χ1v) is 7.12. The Kier molecular flexibility index (Phi) is 3.34. The number of rotatable bonds is 1. The Morgan fingerprint density at radius 3 is 2.21 bits per heavy atom. The van der Waals surface area contributed by atoms with Crippen molar-refractivity contribution in [3.8, 4) is 0 Å². The highest BCUT2D eigenvalue weighted by atomic mass is 127. The zero-order chi connectivity index (χ0) is 10.0. The normalized spacial score (nSPS) is 25.6. The number of halogens is 1. The van der Waals surface area contributed by atoms with Gasteiger partial charge in [-0.25, -0.2) is 0 Å². The van der Waals surface area contributed by atoms with E-state index in [1.807, 2.05) is 0 Å². The maximum absolute atomic E-state index is 11.5. The fraction of sp³-hybridized carbons (Fsp3) is 0.909. The first-order valence-electron chi connectivity index (χ1n) is 5.60. The molecule has 0 bridgehead atoms. The van der Waals surface area contributed by atoms with Gasteiger partial charge in [-0.3, -0.25) is 4.79 Å². The Hall–Kier alpha value is 0.200. The van der Waals surface area contributed by atoms with E-state index in [0.29, 0.717) is 15.7 Å². The summed E-state index contributed by atoms with van der Waals surface area (Å²) in [6, 6.07) is 0. The molecule has 2 aliphatic rings. The molecule has 0 aromatic carbocycles. The van der Waals surface area contributed by atoms with E-state index in [4.69, 9.17) is 0 Å². The number of carbonyl (C=O) groups is 1. The zero-order valence-electron chi connectivity index (χ0n) is 8.60. The van der Waals surface area contributed by atoms with Gasteiger partial charge in [-0.05, 0) is 31.1 Å². The zero-order valence-corrected chi connectivity index (χ0v) is 10.8. The lowest BCUT2D eigenvalue weighted by molar-refractivity contribution is -0.130. The quantitative estimate of drug-likeness (QED) is 0.539. The maximum Gasteiger partial charge on any atom is 0.232 e. The lowest BCUT2D eigenvalue weighted by Crippen LogP contribution is -2.42. The number of piperidine rings is 1. The Morgan fingerprint density at radius 2 is 1.71 bits per heavy atom. The van der Waals surface area contributed by atoms with E-state index in [0.717, 1.165) is 13.1 Å². The van der Waals surface area contributed by atoms with Gasteiger partial charge in [-0.1, -0.05) is 35.4 Å². The molecule has 2 rings (SSSR count). The molecule has 1 heterocycles. The number of likely N-dealkylation sites (tertiary alicyclic amines) is 1. The number of hydrogen-bond donors (Lipinski definition) is 0. The summed E-state index contributed by atoms with van der Waals surface area (Å²) in [4.78, 5) is 13.5. The predicted molar refractivity (Wildman–Crippen MR) is 65.6 cm³/mol. The van der Waals surface area contributed by atoms with Crippen molar-refractivity contribution in [3.05, 3.63) is 0 Å². The van der Waals surface area contributed by atoms with Crippen LogP contribution >= 0.6 is 22.6 Å². The summed E-state index contributed by atoms with van der Waals surface area (Å²) in [6.45, 7) is 2.03. The highest BCUT2D eigenvalue weighted by molar-refractivity contribution is 14.1. The van der Waals surface area contributed by atoms with Crippen molar-refractivity contribution in [2.24, 2.45) is 5.41 Å². The molecule has 1 amide bonds. The average Bonchev–Trinajstić information content (AvgIpc) is 2.67. The maximum atomic E-state index is 11.5. The smallest absolute Gasteiger partial charge is 0.232 e. The molecule has 2 fully saturated rings. The van der Waals surface area contributed by atoms with Crippen LogP contribution in [-0.4, -0.2) is 28.3 Å². The van der Waals surface area contributed by atoms with Gasteiger partial charge in [0, 0.05) is 13.1 Å². The predicted octanol–water partition coefficient (Wildman–Crippen LogP) is 2.60. The van der Waals surface area contributed by atoms with Gasteiger partial charge in [0.25, 0.3) is 0 Å². The third-order valence-electron chi connectivity index (χ3n) is 3.96. The number of hydrogen-bond acceptors (Lipinski definition) is 1. The molecule has 1 spiro atoms. The van der Waals surface area contributed by atoms with Crippen LogP contribution in [0.2, 0.25) is 0 Å².